The average molecular weight is 212 g/mol. The fraction of sp³-hybridized carbons (Fsp3) is 0.818. The van der Waals surface area contributed by atoms with Crippen LogP contribution < -0.4 is 11.3 Å². The lowest BCUT2D eigenvalue weighted by atomic mass is 9.75. The SMILES string of the molecule is COC1(CC(NN)C2=CCCO2)CCC1. The molecule has 1 unspecified atom stereocenters. The molecule has 0 radical (unpaired) electrons. The summed E-state index contributed by atoms with van der Waals surface area (Å²) < 4.78 is 11.1. The van der Waals surface area contributed by atoms with Gasteiger partial charge in [-0.3, -0.25) is 5.84 Å². The van der Waals surface area contributed by atoms with E-state index in [4.69, 9.17) is 15.3 Å². The van der Waals surface area contributed by atoms with Crippen molar-refractivity contribution in [2.45, 2.75) is 43.7 Å². The van der Waals surface area contributed by atoms with E-state index in [0.717, 1.165) is 38.0 Å². The standard InChI is InChI=1S/C11H20N2O2/c1-14-11(5-3-6-11)8-9(13-12)10-4-2-7-15-10/h4,9,13H,2-3,5-8,12H2,1H3. The Bertz CT molecular complexity index is 243. The maximum absolute atomic E-state index is 5.59. The molecule has 0 aromatic rings. The van der Waals surface area contributed by atoms with Crippen LogP contribution >= 0.6 is 0 Å². The molecular formula is C11H20N2O2. The number of hydrogen-bond donors (Lipinski definition) is 2. The normalized spacial score (nSPS) is 25.3. The van der Waals surface area contributed by atoms with E-state index in [-0.39, 0.29) is 11.6 Å². The summed E-state index contributed by atoms with van der Waals surface area (Å²) >= 11 is 0. The summed E-state index contributed by atoms with van der Waals surface area (Å²) in [5, 5.41) is 0. The zero-order chi connectivity index (χ0) is 10.7. The molecule has 1 fully saturated rings. The smallest absolute Gasteiger partial charge is 0.110 e. The molecule has 2 rings (SSSR count). The molecule has 1 atom stereocenters. The van der Waals surface area contributed by atoms with Gasteiger partial charge in [-0.2, -0.15) is 0 Å². The maximum atomic E-state index is 5.59. The highest BCUT2D eigenvalue weighted by atomic mass is 16.5. The van der Waals surface area contributed by atoms with Crippen molar-refractivity contribution < 1.29 is 9.47 Å². The summed E-state index contributed by atoms with van der Waals surface area (Å²) in [5.74, 6) is 6.55. The minimum Gasteiger partial charge on any atom is -0.496 e. The summed E-state index contributed by atoms with van der Waals surface area (Å²) in [7, 11) is 1.79. The molecule has 0 spiro atoms. The summed E-state index contributed by atoms with van der Waals surface area (Å²) in [6, 6.07) is 0.104. The van der Waals surface area contributed by atoms with Crippen molar-refractivity contribution in [3.63, 3.8) is 0 Å². The molecule has 15 heavy (non-hydrogen) atoms. The van der Waals surface area contributed by atoms with Crippen molar-refractivity contribution in [3.8, 4) is 0 Å². The first-order chi connectivity index (χ1) is 7.29. The number of nitrogens with two attached hydrogens (primary N) is 1. The third kappa shape index (κ3) is 2.17. The van der Waals surface area contributed by atoms with E-state index in [1.54, 1.807) is 7.11 Å². The monoisotopic (exact) mass is 212 g/mol. The van der Waals surface area contributed by atoms with E-state index in [1.165, 1.54) is 6.42 Å². The molecule has 1 aliphatic heterocycles. The van der Waals surface area contributed by atoms with Gasteiger partial charge in [0.25, 0.3) is 0 Å². The Morgan fingerprint density at radius 2 is 2.47 bits per heavy atom. The molecule has 0 saturated heterocycles. The van der Waals surface area contributed by atoms with E-state index in [9.17, 15) is 0 Å². The number of methoxy groups -OCH3 is 1. The van der Waals surface area contributed by atoms with Gasteiger partial charge in [0.05, 0.1) is 18.2 Å². The van der Waals surface area contributed by atoms with Gasteiger partial charge in [0.2, 0.25) is 0 Å². The van der Waals surface area contributed by atoms with Crippen molar-refractivity contribution in [1.82, 2.24) is 5.43 Å². The van der Waals surface area contributed by atoms with Crippen LogP contribution in [0.3, 0.4) is 0 Å². The summed E-state index contributed by atoms with van der Waals surface area (Å²) in [5.41, 5.74) is 2.86. The Balaban J connectivity index is 1.95. The van der Waals surface area contributed by atoms with Crippen molar-refractivity contribution in [3.05, 3.63) is 11.8 Å². The second-order valence-corrected chi connectivity index (χ2v) is 4.41. The molecule has 2 aliphatic rings. The third-order valence-electron chi connectivity index (χ3n) is 3.55. The highest BCUT2D eigenvalue weighted by Gasteiger charge is 2.40. The van der Waals surface area contributed by atoms with Crippen LogP contribution in [-0.2, 0) is 9.47 Å². The fourth-order valence-electron chi connectivity index (χ4n) is 2.36. The minimum absolute atomic E-state index is 0.0316. The summed E-state index contributed by atoms with van der Waals surface area (Å²) in [6.07, 6.45) is 7.54. The van der Waals surface area contributed by atoms with Crippen LogP contribution in [0.4, 0.5) is 0 Å². The largest absolute Gasteiger partial charge is 0.496 e. The number of ether oxygens (including phenoxy) is 2. The zero-order valence-corrected chi connectivity index (χ0v) is 9.29. The molecule has 0 bridgehead atoms. The number of hydrazine groups is 1. The molecule has 1 aliphatic carbocycles. The Kier molecular flexibility index (Phi) is 3.29. The first-order valence-corrected chi connectivity index (χ1v) is 5.64. The van der Waals surface area contributed by atoms with Crippen LogP contribution in [0.2, 0.25) is 0 Å². The van der Waals surface area contributed by atoms with E-state index in [1.807, 2.05) is 0 Å². The van der Waals surface area contributed by atoms with Crippen molar-refractivity contribution in [2.75, 3.05) is 13.7 Å². The van der Waals surface area contributed by atoms with Crippen LogP contribution in [0.5, 0.6) is 0 Å². The predicted octanol–water partition coefficient (Wildman–Crippen LogP) is 1.08. The third-order valence-corrected chi connectivity index (χ3v) is 3.55. The van der Waals surface area contributed by atoms with Gasteiger partial charge in [-0.25, -0.2) is 5.43 Å². The first kappa shape index (κ1) is 10.9. The molecule has 1 saturated carbocycles. The lowest BCUT2D eigenvalue weighted by molar-refractivity contribution is -0.0836. The Hall–Kier alpha value is -0.580. The van der Waals surface area contributed by atoms with Crippen LogP contribution in [-0.4, -0.2) is 25.4 Å². The Morgan fingerprint density at radius 3 is 2.87 bits per heavy atom. The van der Waals surface area contributed by atoms with Gasteiger partial charge < -0.3 is 9.47 Å². The Labute approximate surface area is 90.8 Å². The zero-order valence-electron chi connectivity index (χ0n) is 9.29. The fourth-order valence-corrected chi connectivity index (χ4v) is 2.36. The van der Waals surface area contributed by atoms with E-state index < -0.39 is 0 Å². The molecule has 3 N–H and O–H groups in total. The quantitative estimate of drug-likeness (QED) is 0.529. The highest BCUT2D eigenvalue weighted by molar-refractivity contribution is 5.09. The molecule has 86 valence electrons. The van der Waals surface area contributed by atoms with Crippen molar-refractivity contribution >= 4 is 0 Å². The molecule has 0 amide bonds. The van der Waals surface area contributed by atoms with Crippen LogP contribution in [0.1, 0.15) is 32.1 Å². The van der Waals surface area contributed by atoms with E-state index in [0.29, 0.717) is 0 Å². The van der Waals surface area contributed by atoms with E-state index >= 15 is 0 Å². The minimum atomic E-state index is 0.0316. The number of rotatable bonds is 5. The second-order valence-electron chi connectivity index (χ2n) is 4.41. The maximum Gasteiger partial charge on any atom is 0.110 e. The highest BCUT2D eigenvalue weighted by Crippen LogP contribution is 2.40. The molecular weight excluding hydrogens is 192 g/mol. The number of hydrogen-bond acceptors (Lipinski definition) is 4. The molecule has 4 heteroatoms. The van der Waals surface area contributed by atoms with Gasteiger partial charge in [-0.05, 0) is 25.3 Å². The second kappa shape index (κ2) is 4.51. The van der Waals surface area contributed by atoms with Crippen molar-refractivity contribution in [1.29, 1.82) is 0 Å². The van der Waals surface area contributed by atoms with Crippen LogP contribution in [0.15, 0.2) is 11.8 Å². The van der Waals surface area contributed by atoms with E-state index in [2.05, 4.69) is 11.5 Å². The van der Waals surface area contributed by atoms with Gasteiger partial charge in [-0.15, -0.1) is 0 Å². The van der Waals surface area contributed by atoms with Gasteiger partial charge in [0.1, 0.15) is 5.76 Å². The van der Waals surface area contributed by atoms with Gasteiger partial charge in [-0.1, -0.05) is 0 Å². The molecule has 0 aromatic heterocycles. The summed E-state index contributed by atoms with van der Waals surface area (Å²) in [4.78, 5) is 0. The lowest BCUT2D eigenvalue weighted by Gasteiger charge is -2.42. The van der Waals surface area contributed by atoms with Crippen LogP contribution in [0, 0.1) is 0 Å². The van der Waals surface area contributed by atoms with Crippen molar-refractivity contribution in [2.24, 2.45) is 5.84 Å². The topological polar surface area (TPSA) is 56.5 Å². The van der Waals surface area contributed by atoms with Gasteiger partial charge in [0.15, 0.2) is 0 Å². The van der Waals surface area contributed by atoms with Gasteiger partial charge >= 0.3 is 0 Å². The van der Waals surface area contributed by atoms with Crippen LogP contribution in [0.25, 0.3) is 0 Å². The molecule has 1 heterocycles. The van der Waals surface area contributed by atoms with Gasteiger partial charge in [0, 0.05) is 20.0 Å². The first-order valence-electron chi connectivity index (χ1n) is 5.64. The molecule has 4 nitrogen and oxygen atoms in total. The predicted molar refractivity (Wildman–Crippen MR) is 58.0 cm³/mol. The summed E-state index contributed by atoms with van der Waals surface area (Å²) in [6.45, 7) is 0.785. The lowest BCUT2D eigenvalue weighted by Crippen LogP contribution is -2.48. The number of nitrogens with one attached hydrogen (secondary N) is 1. The average Bonchev–Trinajstić information content (AvgIpc) is 2.71. The Morgan fingerprint density at radius 1 is 1.67 bits per heavy atom. The molecule has 0 aromatic carbocycles.